The van der Waals surface area contributed by atoms with Gasteiger partial charge in [-0.25, -0.2) is 4.68 Å². The molecule has 0 radical (unpaired) electrons. The van der Waals surface area contributed by atoms with Crippen LogP contribution in [0.5, 0.6) is 5.75 Å². The molecule has 0 bridgehead atoms. The average molecular weight is 244 g/mol. The number of para-hydroxylation sites is 1. The van der Waals surface area contributed by atoms with Crippen LogP contribution in [0.2, 0.25) is 0 Å². The normalized spacial score (nSPS) is 10.8. The second-order valence-corrected chi connectivity index (χ2v) is 4.45. The van der Waals surface area contributed by atoms with Crippen LogP contribution >= 0.6 is 0 Å². The van der Waals surface area contributed by atoms with Gasteiger partial charge in [0.15, 0.2) is 5.75 Å². The molecule has 3 nitrogen and oxygen atoms in total. The predicted molar refractivity (Wildman–Crippen MR) is 73.2 cm³/mol. The highest BCUT2D eigenvalue weighted by Gasteiger charge is 2.16. The van der Waals surface area contributed by atoms with Crippen molar-refractivity contribution in [2.45, 2.75) is 39.5 Å². The maximum atomic E-state index is 10.2. The monoisotopic (exact) mass is 244 g/mol. The molecule has 0 saturated heterocycles. The van der Waals surface area contributed by atoms with E-state index in [-0.39, 0.29) is 0 Å². The summed E-state index contributed by atoms with van der Waals surface area (Å²) < 4.78 is 1.86. The first-order valence-electron chi connectivity index (χ1n) is 6.63. The van der Waals surface area contributed by atoms with Crippen LogP contribution in [0.4, 0.5) is 0 Å². The molecule has 2 aromatic rings. The summed E-state index contributed by atoms with van der Waals surface area (Å²) in [5.74, 6) is 0.370. The van der Waals surface area contributed by atoms with Crippen LogP contribution in [0, 0.1) is 0 Å². The predicted octanol–water partition coefficient (Wildman–Crippen LogP) is 3.48. The second kappa shape index (κ2) is 5.71. The minimum atomic E-state index is 0.370. The van der Waals surface area contributed by atoms with Gasteiger partial charge in [0, 0.05) is 0 Å². The lowest BCUT2D eigenvalue weighted by molar-refractivity contribution is 0.460. The molecule has 0 aliphatic heterocycles. The van der Waals surface area contributed by atoms with Gasteiger partial charge in [0.1, 0.15) is 5.69 Å². The Morgan fingerprint density at radius 3 is 2.50 bits per heavy atom. The van der Waals surface area contributed by atoms with Gasteiger partial charge in [0.05, 0.1) is 11.4 Å². The van der Waals surface area contributed by atoms with Gasteiger partial charge >= 0.3 is 0 Å². The van der Waals surface area contributed by atoms with E-state index < -0.39 is 0 Å². The van der Waals surface area contributed by atoms with Gasteiger partial charge in [-0.05, 0) is 31.4 Å². The minimum Gasteiger partial charge on any atom is -0.504 e. The Morgan fingerprint density at radius 1 is 1.17 bits per heavy atom. The summed E-state index contributed by atoms with van der Waals surface area (Å²) in [4.78, 5) is 0. The molecular formula is C15H20N2O. The summed E-state index contributed by atoms with van der Waals surface area (Å²) in [5.41, 5.74) is 2.72. The minimum absolute atomic E-state index is 0.370. The first kappa shape index (κ1) is 12.7. The molecule has 18 heavy (non-hydrogen) atoms. The molecule has 1 aromatic carbocycles. The van der Waals surface area contributed by atoms with E-state index >= 15 is 0 Å². The van der Waals surface area contributed by atoms with E-state index in [2.05, 4.69) is 12.0 Å². The largest absolute Gasteiger partial charge is 0.504 e. The summed E-state index contributed by atoms with van der Waals surface area (Å²) >= 11 is 0. The Labute approximate surface area is 108 Å². The lowest BCUT2D eigenvalue weighted by Crippen LogP contribution is -2.01. The highest BCUT2D eigenvalue weighted by Crippen LogP contribution is 2.26. The van der Waals surface area contributed by atoms with Gasteiger partial charge in [-0.2, -0.15) is 5.10 Å². The fourth-order valence-electron chi connectivity index (χ4n) is 2.11. The molecule has 0 unspecified atom stereocenters. The Kier molecular flexibility index (Phi) is 4.03. The maximum Gasteiger partial charge on any atom is 0.160 e. The maximum absolute atomic E-state index is 10.2. The van der Waals surface area contributed by atoms with E-state index in [9.17, 15) is 5.11 Å². The van der Waals surface area contributed by atoms with E-state index in [1.165, 1.54) is 0 Å². The van der Waals surface area contributed by atoms with Crippen molar-refractivity contribution in [2.24, 2.45) is 0 Å². The van der Waals surface area contributed by atoms with Gasteiger partial charge in [-0.3, -0.25) is 0 Å². The molecule has 0 amide bonds. The molecule has 3 heteroatoms. The standard InChI is InChI=1S/C15H20N2O/c1-3-5-11-13-15(18)14(4-2)17(16-13)12-9-7-6-8-10-12/h6-10,18H,3-5,11H2,1-2H3. The number of hydrogen-bond acceptors (Lipinski definition) is 2. The number of benzene rings is 1. The molecule has 0 aliphatic carbocycles. The summed E-state index contributed by atoms with van der Waals surface area (Å²) in [6.45, 7) is 4.19. The zero-order valence-corrected chi connectivity index (χ0v) is 11.1. The lowest BCUT2D eigenvalue weighted by atomic mass is 10.1. The smallest absolute Gasteiger partial charge is 0.160 e. The Balaban J connectivity index is 2.41. The third-order valence-corrected chi connectivity index (χ3v) is 3.13. The van der Waals surface area contributed by atoms with Crippen molar-refractivity contribution < 1.29 is 5.11 Å². The van der Waals surface area contributed by atoms with Crippen LogP contribution < -0.4 is 0 Å². The molecule has 0 fully saturated rings. The van der Waals surface area contributed by atoms with Crippen molar-refractivity contribution in [3.8, 4) is 11.4 Å². The second-order valence-electron chi connectivity index (χ2n) is 4.45. The number of hydrogen-bond donors (Lipinski definition) is 1. The van der Waals surface area contributed by atoms with Crippen LogP contribution in [0.1, 0.15) is 38.1 Å². The van der Waals surface area contributed by atoms with E-state index in [1.54, 1.807) is 0 Å². The molecule has 0 atom stereocenters. The first-order valence-corrected chi connectivity index (χ1v) is 6.63. The van der Waals surface area contributed by atoms with Gasteiger partial charge in [-0.15, -0.1) is 0 Å². The average Bonchev–Trinajstić information content (AvgIpc) is 2.74. The quantitative estimate of drug-likeness (QED) is 0.874. The van der Waals surface area contributed by atoms with Crippen LogP contribution in [0.15, 0.2) is 30.3 Å². The van der Waals surface area contributed by atoms with E-state index in [0.29, 0.717) is 5.75 Å². The number of nitrogens with zero attached hydrogens (tertiary/aromatic N) is 2. The van der Waals surface area contributed by atoms with Crippen molar-refractivity contribution in [3.63, 3.8) is 0 Å². The van der Waals surface area contributed by atoms with Gasteiger partial charge in [-0.1, -0.05) is 38.5 Å². The van der Waals surface area contributed by atoms with Crippen LogP contribution in [0.25, 0.3) is 5.69 Å². The summed E-state index contributed by atoms with van der Waals surface area (Å²) in [5, 5.41) is 14.8. The number of rotatable bonds is 5. The summed E-state index contributed by atoms with van der Waals surface area (Å²) in [7, 11) is 0. The molecule has 1 heterocycles. The van der Waals surface area contributed by atoms with Crippen molar-refractivity contribution in [1.29, 1.82) is 0 Å². The summed E-state index contributed by atoms with van der Waals surface area (Å²) in [6, 6.07) is 9.97. The fourth-order valence-corrected chi connectivity index (χ4v) is 2.11. The van der Waals surface area contributed by atoms with Crippen LogP contribution in [0.3, 0.4) is 0 Å². The first-order chi connectivity index (χ1) is 8.77. The van der Waals surface area contributed by atoms with E-state index in [0.717, 1.165) is 42.8 Å². The van der Waals surface area contributed by atoms with E-state index in [1.807, 2.05) is 41.9 Å². The third-order valence-electron chi connectivity index (χ3n) is 3.13. The van der Waals surface area contributed by atoms with Crippen molar-refractivity contribution in [2.75, 3.05) is 0 Å². The highest BCUT2D eigenvalue weighted by molar-refractivity contribution is 5.40. The molecule has 1 N–H and O–H groups in total. The number of aromatic hydroxyl groups is 1. The third kappa shape index (κ3) is 2.40. The van der Waals surface area contributed by atoms with Gasteiger partial charge in [0.2, 0.25) is 0 Å². The summed E-state index contributed by atoms with van der Waals surface area (Å²) in [6.07, 6.45) is 3.79. The van der Waals surface area contributed by atoms with Crippen LogP contribution in [-0.2, 0) is 12.8 Å². The number of aryl methyl sites for hydroxylation is 1. The fraction of sp³-hybridized carbons (Fsp3) is 0.400. The van der Waals surface area contributed by atoms with Crippen molar-refractivity contribution >= 4 is 0 Å². The Hall–Kier alpha value is -1.77. The van der Waals surface area contributed by atoms with E-state index in [4.69, 9.17) is 0 Å². The number of unbranched alkanes of at least 4 members (excludes halogenated alkanes) is 1. The van der Waals surface area contributed by atoms with Crippen molar-refractivity contribution in [3.05, 3.63) is 41.7 Å². The zero-order valence-electron chi connectivity index (χ0n) is 11.1. The molecule has 96 valence electrons. The molecule has 0 aliphatic rings. The molecule has 1 aromatic heterocycles. The lowest BCUT2D eigenvalue weighted by Gasteiger charge is -2.04. The van der Waals surface area contributed by atoms with Crippen molar-refractivity contribution in [1.82, 2.24) is 9.78 Å². The molecule has 2 rings (SSSR count). The Bertz CT molecular complexity index is 503. The number of aromatic nitrogens is 2. The molecule has 0 spiro atoms. The van der Waals surface area contributed by atoms with Gasteiger partial charge in [0.25, 0.3) is 0 Å². The molecule has 0 saturated carbocycles. The SMILES string of the molecule is CCCCc1nn(-c2ccccc2)c(CC)c1O. The van der Waals surface area contributed by atoms with Gasteiger partial charge < -0.3 is 5.11 Å². The topological polar surface area (TPSA) is 38.0 Å². The highest BCUT2D eigenvalue weighted by atomic mass is 16.3. The molecular weight excluding hydrogens is 224 g/mol. The zero-order chi connectivity index (χ0) is 13.0. The van der Waals surface area contributed by atoms with Crippen LogP contribution in [-0.4, -0.2) is 14.9 Å². The Morgan fingerprint density at radius 2 is 1.89 bits per heavy atom.